The molecule has 1 aliphatic heterocycles. The second-order valence-corrected chi connectivity index (χ2v) is 3.73. The summed E-state index contributed by atoms with van der Waals surface area (Å²) in [6, 6.07) is 1.12. The van der Waals surface area contributed by atoms with E-state index in [9.17, 15) is 0 Å². The van der Waals surface area contributed by atoms with E-state index in [-0.39, 0.29) is 8.41 Å². The highest BCUT2D eigenvalue weighted by atomic mass is 15.2. The number of nitrogens with two attached hydrogens (primary N) is 1. The maximum atomic E-state index is 5.11. The van der Waals surface area contributed by atoms with Crippen LogP contribution in [0, 0.1) is 0 Å². The Morgan fingerprint density at radius 1 is 1.00 bits per heavy atom. The summed E-state index contributed by atoms with van der Waals surface area (Å²) < 4.78 is 0. The molecule has 0 bridgehead atoms. The summed E-state index contributed by atoms with van der Waals surface area (Å²) in [5.74, 6) is 0. The van der Waals surface area contributed by atoms with Gasteiger partial charge in [0.05, 0.1) is 0 Å². The zero-order valence-corrected chi connectivity index (χ0v) is 10.9. The van der Waals surface area contributed by atoms with Gasteiger partial charge in [-0.2, -0.15) is 0 Å². The number of hydrogen-bond acceptors (Lipinski definition) is 2. The van der Waals surface area contributed by atoms with Crippen LogP contribution < -0.4 is 5.73 Å². The summed E-state index contributed by atoms with van der Waals surface area (Å²) in [5, 5.41) is 0. The summed E-state index contributed by atoms with van der Waals surface area (Å²) in [6.07, 6.45) is 1.41. The zero-order chi connectivity index (χ0) is 10.9. The molecule has 85 valence electrons. The molecule has 1 aliphatic rings. The van der Waals surface area contributed by atoms with Crippen molar-refractivity contribution in [3.8, 4) is 0 Å². The van der Waals surface area contributed by atoms with E-state index in [0.717, 1.165) is 6.04 Å². The first-order valence-electron chi connectivity index (χ1n) is 5.53. The van der Waals surface area contributed by atoms with Crippen molar-refractivity contribution < 1.29 is 0 Å². The standard InChI is InChI=1S/C6H13N.C3H9N.C2H6.B/c1-6(2)7-4-3-5-7;1-3(2)4;1-2;/h6H,3-5H2,1-2H3;3H,4H2,1-2H3;1-2H3;. The van der Waals surface area contributed by atoms with Gasteiger partial charge in [0.1, 0.15) is 0 Å². The lowest BCUT2D eigenvalue weighted by Crippen LogP contribution is -2.41. The van der Waals surface area contributed by atoms with Crippen LogP contribution in [0.5, 0.6) is 0 Å². The van der Waals surface area contributed by atoms with E-state index in [1.165, 1.54) is 19.5 Å². The van der Waals surface area contributed by atoms with Gasteiger partial charge in [0, 0.05) is 14.5 Å². The number of nitrogens with zero attached hydrogens (tertiary/aromatic N) is 1. The summed E-state index contributed by atoms with van der Waals surface area (Å²) in [6.45, 7) is 15.0. The third kappa shape index (κ3) is 14.5. The number of rotatable bonds is 1. The van der Waals surface area contributed by atoms with Crippen molar-refractivity contribution in [3.05, 3.63) is 0 Å². The number of hydrogen-bond donors (Lipinski definition) is 1. The average molecular weight is 199 g/mol. The van der Waals surface area contributed by atoms with Crippen LogP contribution in [0.25, 0.3) is 0 Å². The largest absolute Gasteiger partial charge is 0.328 e. The Hall–Kier alpha value is -0.0151. The first-order chi connectivity index (χ1) is 6.04. The normalized spacial score (nSPS) is 14.4. The summed E-state index contributed by atoms with van der Waals surface area (Å²) in [4.78, 5) is 2.47. The first kappa shape index (κ1) is 19.5. The Kier molecular flexibility index (Phi) is 18.1. The molecular weight excluding hydrogens is 171 g/mol. The molecule has 14 heavy (non-hydrogen) atoms. The van der Waals surface area contributed by atoms with Crippen LogP contribution in [0.15, 0.2) is 0 Å². The Labute approximate surface area is 92.8 Å². The monoisotopic (exact) mass is 199 g/mol. The Bertz CT molecular complexity index is 88.5. The highest BCUT2D eigenvalue weighted by Gasteiger charge is 2.15. The fourth-order valence-electron chi connectivity index (χ4n) is 0.857. The van der Waals surface area contributed by atoms with E-state index in [1.54, 1.807) is 0 Å². The second kappa shape index (κ2) is 13.0. The molecule has 1 rings (SSSR count). The van der Waals surface area contributed by atoms with Crippen molar-refractivity contribution in [1.29, 1.82) is 0 Å². The lowest BCUT2D eigenvalue weighted by Gasteiger charge is -2.34. The van der Waals surface area contributed by atoms with Gasteiger partial charge in [-0.05, 0) is 39.4 Å². The second-order valence-electron chi connectivity index (χ2n) is 3.73. The average Bonchev–Trinajstić information content (AvgIpc) is 1.85. The summed E-state index contributed by atoms with van der Waals surface area (Å²) in [5.41, 5.74) is 5.11. The minimum Gasteiger partial charge on any atom is -0.328 e. The topological polar surface area (TPSA) is 29.3 Å². The van der Waals surface area contributed by atoms with Crippen molar-refractivity contribution in [3.63, 3.8) is 0 Å². The fraction of sp³-hybridized carbons (Fsp3) is 1.00. The molecular formula is C11H28BN2. The Morgan fingerprint density at radius 3 is 1.29 bits per heavy atom. The van der Waals surface area contributed by atoms with Crippen molar-refractivity contribution in [2.75, 3.05) is 13.1 Å². The number of likely N-dealkylation sites (tertiary alicyclic amines) is 1. The molecule has 1 heterocycles. The lowest BCUT2D eigenvalue weighted by molar-refractivity contribution is 0.138. The van der Waals surface area contributed by atoms with Crippen LogP contribution in [0.2, 0.25) is 0 Å². The minimum absolute atomic E-state index is 0. The van der Waals surface area contributed by atoms with Crippen LogP contribution in [0.1, 0.15) is 48.0 Å². The molecule has 1 saturated heterocycles. The maximum absolute atomic E-state index is 5.11. The van der Waals surface area contributed by atoms with E-state index < -0.39 is 0 Å². The van der Waals surface area contributed by atoms with E-state index in [2.05, 4.69) is 18.7 Å². The van der Waals surface area contributed by atoms with E-state index in [1.807, 2.05) is 27.7 Å². The molecule has 0 saturated carbocycles. The Morgan fingerprint density at radius 2 is 1.29 bits per heavy atom. The highest BCUT2D eigenvalue weighted by Crippen LogP contribution is 2.08. The first-order valence-corrected chi connectivity index (χ1v) is 5.53. The molecule has 0 amide bonds. The van der Waals surface area contributed by atoms with Gasteiger partial charge in [0.2, 0.25) is 0 Å². The van der Waals surface area contributed by atoms with Gasteiger partial charge >= 0.3 is 0 Å². The van der Waals surface area contributed by atoms with Gasteiger partial charge < -0.3 is 10.6 Å². The smallest absolute Gasteiger partial charge is 0.00386 e. The molecule has 0 aromatic rings. The molecule has 3 radical (unpaired) electrons. The molecule has 0 unspecified atom stereocenters. The van der Waals surface area contributed by atoms with Gasteiger partial charge in [0.15, 0.2) is 0 Å². The molecule has 0 aromatic heterocycles. The van der Waals surface area contributed by atoms with E-state index in [4.69, 9.17) is 5.73 Å². The van der Waals surface area contributed by atoms with Crippen LogP contribution in [-0.2, 0) is 0 Å². The van der Waals surface area contributed by atoms with E-state index >= 15 is 0 Å². The SMILES string of the molecule is CC.CC(C)N.CC(C)N1CCC1.[B]. The van der Waals surface area contributed by atoms with Crippen molar-refractivity contribution >= 4 is 8.41 Å². The zero-order valence-electron chi connectivity index (χ0n) is 10.9. The quantitative estimate of drug-likeness (QED) is 0.655. The Balaban J connectivity index is -0.000000152. The minimum atomic E-state index is 0. The third-order valence-electron chi connectivity index (χ3n) is 1.62. The van der Waals surface area contributed by atoms with Gasteiger partial charge in [0.25, 0.3) is 0 Å². The van der Waals surface area contributed by atoms with Crippen LogP contribution in [-0.4, -0.2) is 38.5 Å². The van der Waals surface area contributed by atoms with Gasteiger partial charge in [-0.1, -0.05) is 27.7 Å². The van der Waals surface area contributed by atoms with Gasteiger partial charge in [-0.25, -0.2) is 0 Å². The highest BCUT2D eigenvalue weighted by molar-refractivity contribution is 5.75. The fourth-order valence-corrected chi connectivity index (χ4v) is 0.857. The maximum Gasteiger partial charge on any atom is 0.00386 e. The molecule has 1 fully saturated rings. The van der Waals surface area contributed by atoms with Crippen molar-refractivity contribution in [2.24, 2.45) is 5.73 Å². The molecule has 0 aromatic carbocycles. The summed E-state index contributed by atoms with van der Waals surface area (Å²) in [7, 11) is 0. The van der Waals surface area contributed by atoms with E-state index in [0.29, 0.717) is 6.04 Å². The van der Waals surface area contributed by atoms with Crippen LogP contribution in [0.4, 0.5) is 0 Å². The molecule has 3 heteroatoms. The molecule has 0 atom stereocenters. The van der Waals surface area contributed by atoms with Gasteiger partial charge in [-0.3, -0.25) is 0 Å². The van der Waals surface area contributed by atoms with Crippen LogP contribution >= 0.6 is 0 Å². The summed E-state index contributed by atoms with van der Waals surface area (Å²) >= 11 is 0. The molecule has 0 spiro atoms. The molecule has 2 nitrogen and oxygen atoms in total. The molecule has 2 N–H and O–H groups in total. The van der Waals surface area contributed by atoms with Crippen molar-refractivity contribution in [1.82, 2.24) is 4.90 Å². The lowest BCUT2D eigenvalue weighted by atomic mass is 10.2. The third-order valence-corrected chi connectivity index (χ3v) is 1.62. The predicted molar refractivity (Wildman–Crippen MR) is 67.8 cm³/mol. The van der Waals surface area contributed by atoms with Crippen LogP contribution in [0.3, 0.4) is 0 Å². The predicted octanol–water partition coefficient (Wildman–Crippen LogP) is 2.10. The van der Waals surface area contributed by atoms with Crippen molar-refractivity contribution in [2.45, 2.75) is 60.0 Å². The molecule has 0 aliphatic carbocycles. The van der Waals surface area contributed by atoms with Gasteiger partial charge in [-0.15, -0.1) is 0 Å².